The van der Waals surface area contributed by atoms with E-state index in [2.05, 4.69) is 10.0 Å². The topological polar surface area (TPSA) is 89.3 Å². The number of alkyl halides is 3. The molecule has 1 rings (SSSR count). The summed E-state index contributed by atoms with van der Waals surface area (Å²) < 4.78 is 37.7. The van der Waals surface area contributed by atoms with E-state index in [9.17, 15) is 18.0 Å². The van der Waals surface area contributed by atoms with Crippen LogP contribution in [-0.2, 0) is 4.79 Å². The van der Waals surface area contributed by atoms with Crippen molar-refractivity contribution in [2.75, 3.05) is 26.2 Å². The van der Waals surface area contributed by atoms with Crippen LogP contribution in [0.15, 0.2) is 5.11 Å². The Balaban J connectivity index is 2.69. The van der Waals surface area contributed by atoms with Gasteiger partial charge in [0.2, 0.25) is 5.91 Å². The van der Waals surface area contributed by atoms with Crippen molar-refractivity contribution in [3.63, 3.8) is 0 Å². The maximum absolute atomic E-state index is 12.6. The van der Waals surface area contributed by atoms with Crippen LogP contribution < -0.4 is 0 Å². The Morgan fingerprint density at radius 3 is 2.59 bits per heavy atom. The SMILES string of the molecule is [N-]=[N+]=NCC(=O)N1C[C@H](CO)[C@@H](C(F)(F)F)C1. The molecule has 0 aromatic rings. The second-order valence-corrected chi connectivity index (χ2v) is 3.78. The second kappa shape index (κ2) is 5.24. The van der Waals surface area contributed by atoms with Crippen LogP contribution in [0.1, 0.15) is 0 Å². The van der Waals surface area contributed by atoms with E-state index in [0.717, 1.165) is 4.90 Å². The molecule has 1 N–H and O–H groups in total. The fourth-order valence-corrected chi connectivity index (χ4v) is 1.82. The number of carbonyl (C=O) groups is 1. The number of likely N-dealkylation sites (tertiary alicyclic amines) is 1. The Labute approximate surface area is 94.6 Å². The molecule has 1 amide bonds. The van der Waals surface area contributed by atoms with E-state index in [-0.39, 0.29) is 6.54 Å². The molecule has 0 bridgehead atoms. The molecule has 96 valence electrons. The molecule has 9 heteroatoms. The van der Waals surface area contributed by atoms with Crippen LogP contribution in [0.4, 0.5) is 13.2 Å². The van der Waals surface area contributed by atoms with E-state index in [0.29, 0.717) is 0 Å². The van der Waals surface area contributed by atoms with Crippen LogP contribution in [-0.4, -0.2) is 48.3 Å². The molecular formula is C8H11F3N4O2. The molecule has 0 aromatic carbocycles. The molecule has 1 saturated heterocycles. The Morgan fingerprint density at radius 1 is 1.53 bits per heavy atom. The van der Waals surface area contributed by atoms with E-state index < -0.39 is 43.6 Å². The number of halogens is 3. The summed E-state index contributed by atoms with van der Waals surface area (Å²) in [6.45, 7) is -1.79. The zero-order valence-electron chi connectivity index (χ0n) is 8.76. The van der Waals surface area contributed by atoms with Gasteiger partial charge in [0.05, 0.1) is 5.92 Å². The monoisotopic (exact) mass is 252 g/mol. The molecule has 0 aliphatic carbocycles. The number of azide groups is 1. The lowest BCUT2D eigenvalue weighted by atomic mass is 9.97. The molecule has 17 heavy (non-hydrogen) atoms. The first kappa shape index (κ1) is 13.6. The third-order valence-corrected chi connectivity index (χ3v) is 2.72. The van der Waals surface area contributed by atoms with Gasteiger partial charge in [-0.1, -0.05) is 5.11 Å². The lowest BCUT2D eigenvalue weighted by molar-refractivity contribution is -0.183. The van der Waals surface area contributed by atoms with Gasteiger partial charge >= 0.3 is 6.18 Å². The molecule has 1 aliphatic rings. The minimum Gasteiger partial charge on any atom is -0.396 e. The second-order valence-electron chi connectivity index (χ2n) is 3.78. The van der Waals surface area contributed by atoms with Gasteiger partial charge in [0.25, 0.3) is 0 Å². The molecule has 1 fully saturated rings. The van der Waals surface area contributed by atoms with Gasteiger partial charge < -0.3 is 10.0 Å². The van der Waals surface area contributed by atoms with Crippen molar-refractivity contribution in [2.45, 2.75) is 6.18 Å². The predicted molar refractivity (Wildman–Crippen MR) is 50.7 cm³/mol. The lowest BCUT2D eigenvalue weighted by Crippen LogP contribution is -2.33. The number of nitrogens with zero attached hydrogens (tertiary/aromatic N) is 4. The van der Waals surface area contributed by atoms with Crippen molar-refractivity contribution >= 4 is 5.91 Å². The molecule has 2 atom stereocenters. The molecule has 6 nitrogen and oxygen atoms in total. The summed E-state index contributed by atoms with van der Waals surface area (Å²) in [6, 6.07) is 0. The van der Waals surface area contributed by atoms with Gasteiger partial charge in [-0.3, -0.25) is 4.79 Å². The fourth-order valence-electron chi connectivity index (χ4n) is 1.82. The van der Waals surface area contributed by atoms with Gasteiger partial charge in [0, 0.05) is 30.5 Å². The van der Waals surface area contributed by atoms with Gasteiger partial charge in [0.1, 0.15) is 6.54 Å². The molecule has 0 unspecified atom stereocenters. The number of rotatable bonds is 3. The number of aliphatic hydroxyl groups excluding tert-OH is 1. The highest BCUT2D eigenvalue weighted by Crippen LogP contribution is 2.37. The highest BCUT2D eigenvalue weighted by atomic mass is 19.4. The first-order valence-electron chi connectivity index (χ1n) is 4.86. The van der Waals surface area contributed by atoms with E-state index in [1.807, 2.05) is 0 Å². The molecule has 0 saturated carbocycles. The summed E-state index contributed by atoms with van der Waals surface area (Å²) in [4.78, 5) is 14.7. The van der Waals surface area contributed by atoms with Gasteiger partial charge in [-0.15, -0.1) is 0 Å². The van der Waals surface area contributed by atoms with Crippen LogP contribution in [0.3, 0.4) is 0 Å². The van der Waals surface area contributed by atoms with Crippen LogP contribution in [0, 0.1) is 11.8 Å². The Kier molecular flexibility index (Phi) is 4.19. The quantitative estimate of drug-likeness (QED) is 0.460. The van der Waals surface area contributed by atoms with Crippen molar-refractivity contribution in [1.82, 2.24) is 4.90 Å². The smallest absolute Gasteiger partial charge is 0.393 e. The van der Waals surface area contributed by atoms with Gasteiger partial charge in [-0.25, -0.2) is 0 Å². The number of hydrogen-bond acceptors (Lipinski definition) is 3. The maximum atomic E-state index is 12.6. The molecule has 0 aromatic heterocycles. The summed E-state index contributed by atoms with van der Waals surface area (Å²) in [7, 11) is 0. The standard InChI is InChI=1S/C8H11F3N4O2/c9-8(10,11)6-3-15(2-5(6)4-16)7(17)1-13-14-12/h5-6,16H,1-4H2/t5-,6+/m1/s1. The summed E-state index contributed by atoms with van der Waals surface area (Å²) in [5.41, 5.74) is 8.00. The average Bonchev–Trinajstić information content (AvgIpc) is 2.69. The fraction of sp³-hybridized carbons (Fsp3) is 0.875. The maximum Gasteiger partial charge on any atom is 0.393 e. The number of carbonyl (C=O) groups excluding carboxylic acids is 1. The highest BCUT2D eigenvalue weighted by molar-refractivity contribution is 5.78. The summed E-state index contributed by atoms with van der Waals surface area (Å²) in [5, 5.41) is 11.9. The zero-order valence-corrected chi connectivity index (χ0v) is 8.76. The largest absolute Gasteiger partial charge is 0.396 e. The lowest BCUT2D eigenvalue weighted by Gasteiger charge is -2.18. The number of amides is 1. The normalized spacial score (nSPS) is 24.6. The van der Waals surface area contributed by atoms with Crippen molar-refractivity contribution in [3.8, 4) is 0 Å². The summed E-state index contributed by atoms with van der Waals surface area (Å²) in [6.07, 6.45) is -4.44. The first-order chi connectivity index (χ1) is 7.90. The van der Waals surface area contributed by atoms with Gasteiger partial charge in [0.15, 0.2) is 0 Å². The van der Waals surface area contributed by atoms with Gasteiger partial charge in [-0.2, -0.15) is 13.2 Å². The molecule has 0 radical (unpaired) electrons. The van der Waals surface area contributed by atoms with Crippen LogP contribution >= 0.6 is 0 Å². The molecule has 1 heterocycles. The Bertz CT molecular complexity index is 340. The van der Waals surface area contributed by atoms with Gasteiger partial charge in [-0.05, 0) is 5.53 Å². The van der Waals surface area contributed by atoms with E-state index in [1.54, 1.807) is 0 Å². The predicted octanol–water partition coefficient (Wildman–Crippen LogP) is 0.926. The molecule has 1 aliphatic heterocycles. The van der Waals surface area contributed by atoms with Crippen molar-refractivity contribution in [1.29, 1.82) is 0 Å². The Hall–Kier alpha value is -1.47. The summed E-state index contributed by atoms with van der Waals surface area (Å²) >= 11 is 0. The zero-order chi connectivity index (χ0) is 13.1. The molecule has 0 spiro atoms. The third kappa shape index (κ3) is 3.24. The molecular weight excluding hydrogens is 241 g/mol. The van der Waals surface area contributed by atoms with Crippen molar-refractivity contribution < 1.29 is 23.1 Å². The third-order valence-electron chi connectivity index (χ3n) is 2.72. The van der Waals surface area contributed by atoms with E-state index in [4.69, 9.17) is 10.6 Å². The van der Waals surface area contributed by atoms with E-state index >= 15 is 0 Å². The Morgan fingerprint density at radius 2 is 2.18 bits per heavy atom. The van der Waals surface area contributed by atoms with Crippen molar-refractivity contribution in [3.05, 3.63) is 10.4 Å². The van der Waals surface area contributed by atoms with E-state index in [1.165, 1.54) is 0 Å². The average molecular weight is 252 g/mol. The number of hydrogen-bond donors (Lipinski definition) is 1. The van der Waals surface area contributed by atoms with Crippen LogP contribution in [0.25, 0.3) is 10.4 Å². The van der Waals surface area contributed by atoms with Crippen LogP contribution in [0.2, 0.25) is 0 Å². The highest BCUT2D eigenvalue weighted by Gasteiger charge is 2.50. The van der Waals surface area contributed by atoms with Crippen molar-refractivity contribution in [2.24, 2.45) is 17.0 Å². The minimum absolute atomic E-state index is 0.166. The van der Waals surface area contributed by atoms with Crippen LogP contribution in [0.5, 0.6) is 0 Å². The minimum atomic E-state index is -4.44. The first-order valence-corrected chi connectivity index (χ1v) is 4.86. The summed E-state index contributed by atoms with van der Waals surface area (Å²) in [5.74, 6) is -3.39. The number of aliphatic hydroxyl groups is 1.